The minimum atomic E-state index is -1.29. The van der Waals surface area contributed by atoms with Gasteiger partial charge in [-0.25, -0.2) is 14.6 Å². The summed E-state index contributed by atoms with van der Waals surface area (Å²) in [6.07, 6.45) is 0. The molecule has 1 atom stereocenters. The zero-order chi connectivity index (χ0) is 19.4. The molecule has 1 aromatic rings. The van der Waals surface area contributed by atoms with Gasteiger partial charge in [0.1, 0.15) is 15.7 Å². The van der Waals surface area contributed by atoms with Gasteiger partial charge in [0.25, 0.3) is 0 Å². The number of hydrogen-bond donors (Lipinski definition) is 3. The van der Waals surface area contributed by atoms with E-state index in [2.05, 4.69) is 38.1 Å². The molecule has 0 aliphatic heterocycles. The number of nitrogen functional groups attached to an aromatic ring is 1. The van der Waals surface area contributed by atoms with Gasteiger partial charge in [-0.05, 0) is 17.0 Å². The van der Waals surface area contributed by atoms with Crippen LogP contribution < -0.4 is 22.0 Å². The number of alkyl halides is 1. The van der Waals surface area contributed by atoms with Crippen LogP contribution in [0, 0.1) is 0 Å². The molecule has 0 aliphatic rings. The summed E-state index contributed by atoms with van der Waals surface area (Å²) in [5.41, 5.74) is 14.6. The summed E-state index contributed by atoms with van der Waals surface area (Å²) in [5.74, 6) is -2.51. The van der Waals surface area contributed by atoms with Gasteiger partial charge in [-0.15, -0.1) is 22.9 Å². The van der Waals surface area contributed by atoms with E-state index in [1.54, 1.807) is 0 Å². The molecular weight excluding hydrogens is 377 g/mol. The number of ether oxygens (including phenoxy) is 2. The molecule has 0 aromatic carbocycles. The molecule has 0 spiro atoms. The van der Waals surface area contributed by atoms with Crippen molar-refractivity contribution in [3.8, 4) is 0 Å². The second-order valence-corrected chi connectivity index (χ2v) is 5.42. The zero-order valence-electron chi connectivity index (χ0n) is 12.6. The number of carbonyl (C=O) groups is 3. The normalized spacial score (nSPS) is 9.96. The topological polar surface area (TPSA) is 161 Å². The molecule has 0 fully saturated rings. The van der Waals surface area contributed by atoms with Gasteiger partial charge in [0.15, 0.2) is 15.9 Å². The first-order valence-electron chi connectivity index (χ1n) is 5.64. The van der Waals surface area contributed by atoms with Crippen LogP contribution in [0.5, 0.6) is 0 Å². The predicted molar refractivity (Wildman–Crippen MR) is 96.6 cm³/mol. The number of thiazole rings is 1. The van der Waals surface area contributed by atoms with Crippen molar-refractivity contribution in [2.75, 3.05) is 20.0 Å². The van der Waals surface area contributed by atoms with Gasteiger partial charge in [-0.1, -0.05) is 0 Å². The minimum absolute atomic E-state index is 0.000000000000000222. The molecule has 1 heterocycles. The van der Waals surface area contributed by atoms with E-state index in [-0.39, 0.29) is 20.7 Å². The van der Waals surface area contributed by atoms with Gasteiger partial charge in [-0.2, -0.15) is 0 Å². The quantitative estimate of drug-likeness (QED) is 0.172. The molecule has 0 saturated carbocycles. The van der Waals surface area contributed by atoms with Gasteiger partial charge in [0, 0.05) is 0 Å². The summed E-state index contributed by atoms with van der Waals surface area (Å²) < 4.78 is 8.71. The van der Waals surface area contributed by atoms with Crippen LogP contribution in [0.3, 0.4) is 0 Å². The zero-order valence-corrected chi connectivity index (χ0v) is 15.0. The van der Waals surface area contributed by atoms with Crippen LogP contribution in [0.1, 0.15) is 10.5 Å². The molecule has 14 heteroatoms. The molecule has 1 aromatic heterocycles. The van der Waals surface area contributed by atoms with E-state index in [4.69, 9.17) is 33.0 Å². The highest BCUT2D eigenvalue weighted by Crippen LogP contribution is 2.07. The highest BCUT2D eigenvalue weighted by molar-refractivity contribution is 7.80. The molecule has 0 saturated heterocycles. The monoisotopic (exact) mass is 390 g/mol. The third-order valence-electron chi connectivity index (χ3n) is 1.69. The standard InChI is InChI=1S/C5H5BN2O2S.C4H4BClO3.CH4N2S/c1-10-4(9)2-3(6)11-5(7)8-2;1-9-4(8)2(7)3(5)6;2-1(3)4/h1H3,(H2,7,8);3H,1H3;(H4,2,3,4). The second kappa shape index (κ2) is 12.6. The SMILES string of the molecule is NC(N)=S.[B]C(Cl)C(=O)C(=O)OC.[B]c1sc(N)nc1C(=O)OC. The van der Waals surface area contributed by atoms with Gasteiger partial charge in [0.05, 0.1) is 19.5 Å². The first kappa shape index (κ1) is 24.4. The van der Waals surface area contributed by atoms with Crippen LogP contribution >= 0.6 is 35.2 Å². The lowest BCUT2D eigenvalue weighted by Gasteiger charge is -1.97. The van der Waals surface area contributed by atoms with Crippen molar-refractivity contribution < 1.29 is 23.9 Å². The number of aromatic nitrogens is 1. The van der Waals surface area contributed by atoms with Crippen molar-refractivity contribution in [2.24, 2.45) is 11.5 Å². The molecule has 0 bridgehead atoms. The molecule has 1 rings (SSSR count). The average Bonchev–Trinajstić information content (AvgIpc) is 2.83. The molecule has 24 heavy (non-hydrogen) atoms. The van der Waals surface area contributed by atoms with Gasteiger partial charge < -0.3 is 26.7 Å². The molecular formula is C10H13B2ClN4O5S2. The Balaban J connectivity index is 0. The van der Waals surface area contributed by atoms with Crippen LogP contribution in [0.4, 0.5) is 5.13 Å². The van der Waals surface area contributed by atoms with E-state index in [1.165, 1.54) is 7.11 Å². The summed E-state index contributed by atoms with van der Waals surface area (Å²) in [4.78, 5) is 35.1. The highest BCUT2D eigenvalue weighted by atomic mass is 35.5. The van der Waals surface area contributed by atoms with E-state index in [1.807, 2.05) is 0 Å². The molecule has 0 amide bonds. The fourth-order valence-electron chi connectivity index (χ4n) is 0.805. The fourth-order valence-corrected chi connectivity index (χ4v) is 1.48. The molecule has 9 nitrogen and oxygen atoms in total. The van der Waals surface area contributed by atoms with E-state index in [0.717, 1.165) is 18.4 Å². The first-order valence-corrected chi connectivity index (χ1v) is 7.30. The average molecular weight is 390 g/mol. The number of carbonyl (C=O) groups excluding carboxylic acids is 3. The van der Waals surface area contributed by atoms with Gasteiger partial charge in [0.2, 0.25) is 5.78 Å². The number of hydrogen-bond acceptors (Lipinski definition) is 9. The number of nitrogens with zero attached hydrogens (tertiary/aromatic N) is 1. The van der Waals surface area contributed by atoms with Crippen LogP contribution in [-0.4, -0.2) is 63.0 Å². The second-order valence-electron chi connectivity index (χ2n) is 3.42. The Bertz CT molecular complexity index is 596. The summed E-state index contributed by atoms with van der Waals surface area (Å²) in [7, 11) is 12.6. The predicted octanol–water partition coefficient (Wildman–Crippen LogP) is -2.04. The number of anilines is 1. The third kappa shape index (κ3) is 10.8. The Morgan fingerprint density at radius 2 is 1.75 bits per heavy atom. The molecule has 4 radical (unpaired) electrons. The van der Waals surface area contributed by atoms with E-state index in [9.17, 15) is 14.4 Å². The number of nitrogens with two attached hydrogens (primary N) is 3. The van der Waals surface area contributed by atoms with Crippen LogP contribution in [0.2, 0.25) is 0 Å². The number of esters is 2. The maximum Gasteiger partial charge on any atom is 0.375 e. The number of methoxy groups -OCH3 is 2. The van der Waals surface area contributed by atoms with Gasteiger partial charge >= 0.3 is 11.9 Å². The van der Waals surface area contributed by atoms with Crippen LogP contribution in [-0.2, 0) is 19.1 Å². The molecule has 1 unspecified atom stereocenters. The fraction of sp³-hybridized carbons (Fsp3) is 0.300. The number of halogens is 1. The Morgan fingerprint density at radius 3 is 1.96 bits per heavy atom. The molecule has 128 valence electrons. The Kier molecular flexibility index (Phi) is 12.8. The number of Topliss-reactive ketones (excluding diaryl/α,β-unsaturated/α-hetero) is 1. The van der Waals surface area contributed by atoms with E-state index < -0.39 is 23.0 Å². The summed E-state index contributed by atoms with van der Waals surface area (Å²) >= 11 is 10.2. The number of ketones is 1. The maximum atomic E-state index is 10.8. The first-order chi connectivity index (χ1) is 11.0. The Morgan fingerprint density at radius 1 is 1.29 bits per heavy atom. The Labute approximate surface area is 155 Å². The summed E-state index contributed by atoms with van der Waals surface area (Å²) in [5, 5.41) is -1.03. The lowest BCUT2D eigenvalue weighted by Crippen LogP contribution is -2.25. The lowest BCUT2D eigenvalue weighted by molar-refractivity contribution is -0.150. The maximum absolute atomic E-state index is 10.8. The van der Waals surface area contributed by atoms with Crippen molar-refractivity contribution in [1.29, 1.82) is 0 Å². The summed E-state index contributed by atoms with van der Waals surface area (Å²) in [6.45, 7) is 0. The summed E-state index contributed by atoms with van der Waals surface area (Å²) in [6, 6.07) is 0. The largest absolute Gasteiger partial charge is 0.464 e. The van der Waals surface area contributed by atoms with Crippen molar-refractivity contribution in [3.05, 3.63) is 5.69 Å². The van der Waals surface area contributed by atoms with Crippen LogP contribution in [0.15, 0.2) is 0 Å². The van der Waals surface area contributed by atoms with Crippen molar-refractivity contribution in [3.63, 3.8) is 0 Å². The lowest BCUT2D eigenvalue weighted by atomic mass is 10.0. The van der Waals surface area contributed by atoms with Gasteiger partial charge in [-0.3, -0.25) is 4.79 Å². The van der Waals surface area contributed by atoms with Crippen LogP contribution in [0.25, 0.3) is 0 Å². The number of thiocarbonyl (C=S) groups is 1. The van der Waals surface area contributed by atoms with Crippen molar-refractivity contribution in [1.82, 2.24) is 4.98 Å². The van der Waals surface area contributed by atoms with E-state index >= 15 is 0 Å². The number of rotatable bonds is 3. The highest BCUT2D eigenvalue weighted by Gasteiger charge is 2.18. The molecule has 0 aliphatic carbocycles. The van der Waals surface area contributed by atoms with E-state index in [0.29, 0.717) is 0 Å². The Hall–Kier alpha value is -1.85. The van der Waals surface area contributed by atoms with Crippen molar-refractivity contribution >= 4 is 83.6 Å². The third-order valence-corrected chi connectivity index (χ3v) is 2.60. The smallest absolute Gasteiger partial charge is 0.375 e. The molecule has 6 N–H and O–H groups in total. The minimum Gasteiger partial charge on any atom is -0.464 e. The van der Waals surface area contributed by atoms with Crippen molar-refractivity contribution in [2.45, 2.75) is 5.28 Å².